The molecule has 0 aliphatic carbocycles. The maximum Gasteiger partial charge on any atom is 0.191 e. The number of ether oxygens (including phenoxy) is 2. The van der Waals surface area contributed by atoms with Gasteiger partial charge < -0.3 is 20.1 Å². The molecule has 1 aromatic carbocycles. The van der Waals surface area contributed by atoms with Crippen LogP contribution in [0.2, 0.25) is 0 Å². The highest BCUT2D eigenvalue weighted by Crippen LogP contribution is 2.26. The lowest BCUT2D eigenvalue weighted by molar-refractivity contribution is 0.248. The predicted octanol–water partition coefficient (Wildman–Crippen LogP) is 2.76. The standard InChI is InChI=1S/C18H29N3O2/c1-14-7-6-10-21(12-14)18(19)20-11-15(2)13-23-17-9-5-4-8-16(17)22-3/h4-5,8-9,14-15H,6-7,10-13H2,1-3H3,(H2,19,20). The van der Waals surface area contributed by atoms with Crippen molar-refractivity contribution in [3.8, 4) is 11.5 Å². The second-order valence-corrected chi connectivity index (χ2v) is 6.46. The van der Waals surface area contributed by atoms with Gasteiger partial charge in [-0.1, -0.05) is 26.0 Å². The second kappa shape index (κ2) is 8.65. The van der Waals surface area contributed by atoms with E-state index in [-0.39, 0.29) is 0 Å². The summed E-state index contributed by atoms with van der Waals surface area (Å²) in [6.45, 7) is 7.68. The Bertz CT molecular complexity index is 519. The number of hydrogen-bond acceptors (Lipinski definition) is 3. The maximum atomic E-state index is 6.13. The molecule has 1 saturated heterocycles. The predicted molar refractivity (Wildman–Crippen MR) is 94.1 cm³/mol. The van der Waals surface area contributed by atoms with Crippen LogP contribution in [0.25, 0.3) is 0 Å². The third kappa shape index (κ3) is 5.34. The number of aliphatic imine (C=N–C) groups is 1. The molecule has 1 aliphatic heterocycles. The molecule has 5 nitrogen and oxygen atoms in total. The quantitative estimate of drug-likeness (QED) is 0.647. The number of benzene rings is 1. The van der Waals surface area contributed by atoms with Crippen LogP contribution >= 0.6 is 0 Å². The Morgan fingerprint density at radius 3 is 2.83 bits per heavy atom. The number of rotatable bonds is 6. The van der Waals surface area contributed by atoms with E-state index < -0.39 is 0 Å². The van der Waals surface area contributed by atoms with E-state index in [9.17, 15) is 0 Å². The molecule has 5 heteroatoms. The first-order chi connectivity index (χ1) is 11.1. The molecule has 1 fully saturated rings. The molecule has 0 aromatic heterocycles. The first-order valence-corrected chi connectivity index (χ1v) is 8.40. The molecule has 0 radical (unpaired) electrons. The number of guanidine groups is 1. The summed E-state index contributed by atoms with van der Waals surface area (Å²) in [7, 11) is 1.65. The zero-order chi connectivity index (χ0) is 16.7. The van der Waals surface area contributed by atoms with Crippen molar-refractivity contribution < 1.29 is 9.47 Å². The summed E-state index contributed by atoms with van der Waals surface area (Å²) < 4.78 is 11.1. The van der Waals surface area contributed by atoms with Crippen LogP contribution in [0.3, 0.4) is 0 Å². The third-order valence-corrected chi connectivity index (χ3v) is 4.14. The van der Waals surface area contributed by atoms with Crippen molar-refractivity contribution in [3.05, 3.63) is 24.3 Å². The Kier molecular flexibility index (Phi) is 6.56. The molecule has 2 atom stereocenters. The number of methoxy groups -OCH3 is 1. The van der Waals surface area contributed by atoms with Crippen LogP contribution in [0, 0.1) is 11.8 Å². The lowest BCUT2D eigenvalue weighted by Crippen LogP contribution is -2.43. The Morgan fingerprint density at radius 1 is 1.39 bits per heavy atom. The van der Waals surface area contributed by atoms with Gasteiger partial charge in [0.2, 0.25) is 0 Å². The highest BCUT2D eigenvalue weighted by atomic mass is 16.5. The number of para-hydroxylation sites is 2. The van der Waals surface area contributed by atoms with E-state index >= 15 is 0 Å². The molecule has 1 aromatic rings. The van der Waals surface area contributed by atoms with E-state index in [0.29, 0.717) is 30.9 Å². The molecule has 2 unspecified atom stereocenters. The summed E-state index contributed by atoms with van der Waals surface area (Å²) in [5.41, 5.74) is 6.13. The van der Waals surface area contributed by atoms with Crippen molar-refractivity contribution in [2.45, 2.75) is 26.7 Å². The second-order valence-electron chi connectivity index (χ2n) is 6.46. The Morgan fingerprint density at radius 2 is 2.13 bits per heavy atom. The fourth-order valence-corrected chi connectivity index (χ4v) is 2.77. The van der Waals surface area contributed by atoms with Gasteiger partial charge in [0.1, 0.15) is 0 Å². The molecule has 128 valence electrons. The van der Waals surface area contributed by atoms with E-state index in [1.54, 1.807) is 7.11 Å². The lowest BCUT2D eigenvalue weighted by atomic mass is 10.0. The van der Waals surface area contributed by atoms with Gasteiger partial charge in [-0.15, -0.1) is 0 Å². The number of likely N-dealkylation sites (tertiary alicyclic amines) is 1. The Labute approximate surface area is 139 Å². The summed E-state index contributed by atoms with van der Waals surface area (Å²) in [5, 5.41) is 0. The van der Waals surface area contributed by atoms with Crippen molar-refractivity contribution in [2.24, 2.45) is 22.6 Å². The minimum Gasteiger partial charge on any atom is -0.493 e. The van der Waals surface area contributed by atoms with Gasteiger partial charge in [-0.05, 0) is 30.9 Å². The summed E-state index contributed by atoms with van der Waals surface area (Å²) >= 11 is 0. The van der Waals surface area contributed by atoms with Crippen LogP contribution in [-0.2, 0) is 0 Å². The number of nitrogens with two attached hydrogens (primary N) is 1. The van der Waals surface area contributed by atoms with E-state index in [2.05, 4.69) is 23.7 Å². The monoisotopic (exact) mass is 319 g/mol. The maximum absolute atomic E-state index is 6.13. The van der Waals surface area contributed by atoms with E-state index in [1.165, 1.54) is 12.8 Å². The molecular formula is C18H29N3O2. The average molecular weight is 319 g/mol. The summed E-state index contributed by atoms with van der Waals surface area (Å²) in [6, 6.07) is 7.68. The molecule has 1 heterocycles. The zero-order valence-electron chi connectivity index (χ0n) is 14.5. The van der Waals surface area contributed by atoms with Crippen molar-refractivity contribution in [2.75, 3.05) is 33.4 Å². The van der Waals surface area contributed by atoms with Crippen LogP contribution in [0.1, 0.15) is 26.7 Å². The largest absolute Gasteiger partial charge is 0.493 e. The molecular weight excluding hydrogens is 290 g/mol. The fourth-order valence-electron chi connectivity index (χ4n) is 2.77. The van der Waals surface area contributed by atoms with Gasteiger partial charge in [0.05, 0.1) is 13.7 Å². The molecule has 0 bridgehead atoms. The molecule has 0 spiro atoms. The molecule has 0 saturated carbocycles. The van der Waals surface area contributed by atoms with Crippen molar-refractivity contribution in [3.63, 3.8) is 0 Å². The van der Waals surface area contributed by atoms with E-state index in [0.717, 1.165) is 24.6 Å². The summed E-state index contributed by atoms with van der Waals surface area (Å²) in [6.07, 6.45) is 2.48. The topological polar surface area (TPSA) is 60.1 Å². The first-order valence-electron chi connectivity index (χ1n) is 8.40. The fraction of sp³-hybridized carbons (Fsp3) is 0.611. The first kappa shape index (κ1) is 17.4. The van der Waals surface area contributed by atoms with Gasteiger partial charge in [-0.2, -0.15) is 0 Å². The lowest BCUT2D eigenvalue weighted by Gasteiger charge is -2.31. The van der Waals surface area contributed by atoms with Crippen LogP contribution in [0.4, 0.5) is 0 Å². The summed E-state index contributed by atoms with van der Waals surface area (Å²) in [4.78, 5) is 6.74. The van der Waals surface area contributed by atoms with Crippen molar-refractivity contribution >= 4 is 5.96 Å². The highest BCUT2D eigenvalue weighted by molar-refractivity contribution is 5.78. The van der Waals surface area contributed by atoms with Gasteiger partial charge in [0.15, 0.2) is 17.5 Å². The summed E-state index contributed by atoms with van der Waals surface area (Å²) in [5.74, 6) is 3.18. The number of piperidine rings is 1. The normalized spacial score (nSPS) is 20.2. The molecule has 1 aliphatic rings. The van der Waals surface area contributed by atoms with E-state index in [1.807, 2.05) is 24.3 Å². The van der Waals surface area contributed by atoms with Gasteiger partial charge in [0.25, 0.3) is 0 Å². The van der Waals surface area contributed by atoms with Gasteiger partial charge >= 0.3 is 0 Å². The minimum absolute atomic E-state index is 0.292. The van der Waals surface area contributed by atoms with E-state index in [4.69, 9.17) is 15.2 Å². The van der Waals surface area contributed by atoms with Crippen LogP contribution < -0.4 is 15.2 Å². The molecule has 2 rings (SSSR count). The van der Waals surface area contributed by atoms with Gasteiger partial charge in [-0.3, -0.25) is 4.99 Å². The van der Waals surface area contributed by atoms with Gasteiger partial charge in [0, 0.05) is 25.6 Å². The van der Waals surface area contributed by atoms with Crippen molar-refractivity contribution in [1.29, 1.82) is 0 Å². The van der Waals surface area contributed by atoms with Crippen LogP contribution in [0.5, 0.6) is 11.5 Å². The zero-order valence-corrected chi connectivity index (χ0v) is 14.5. The molecule has 2 N–H and O–H groups in total. The van der Waals surface area contributed by atoms with Gasteiger partial charge in [-0.25, -0.2) is 0 Å². The van der Waals surface area contributed by atoms with Crippen molar-refractivity contribution in [1.82, 2.24) is 4.90 Å². The number of nitrogens with zero attached hydrogens (tertiary/aromatic N) is 2. The molecule has 0 amide bonds. The third-order valence-electron chi connectivity index (χ3n) is 4.14. The Hall–Kier alpha value is -1.91. The van der Waals surface area contributed by atoms with Crippen LogP contribution in [-0.4, -0.2) is 44.2 Å². The Balaban J connectivity index is 1.80. The smallest absolute Gasteiger partial charge is 0.191 e. The minimum atomic E-state index is 0.292. The average Bonchev–Trinajstić information content (AvgIpc) is 2.58. The van der Waals surface area contributed by atoms with Crippen LogP contribution in [0.15, 0.2) is 29.3 Å². The molecule has 23 heavy (non-hydrogen) atoms. The highest BCUT2D eigenvalue weighted by Gasteiger charge is 2.17. The SMILES string of the molecule is COc1ccccc1OCC(C)CN=C(N)N1CCCC(C)C1. The number of hydrogen-bond donors (Lipinski definition) is 1.